The van der Waals surface area contributed by atoms with E-state index < -0.39 is 23.9 Å². The highest BCUT2D eigenvalue weighted by Gasteiger charge is 2.43. The normalized spacial score (nSPS) is 21.8. The topological polar surface area (TPSA) is 75.3 Å². The molecule has 2 saturated heterocycles. The van der Waals surface area contributed by atoms with Gasteiger partial charge in [-0.3, -0.25) is 4.79 Å². The van der Waals surface area contributed by atoms with Crippen LogP contribution in [0, 0.1) is 17.8 Å². The second kappa shape index (κ2) is 10.9. The maximum Gasteiger partial charge on any atom is 0.393 e. The van der Waals surface area contributed by atoms with Crippen LogP contribution in [0.25, 0.3) is 11.1 Å². The van der Waals surface area contributed by atoms with Crippen LogP contribution in [0.4, 0.5) is 24.7 Å². The highest BCUT2D eigenvalue weighted by Crippen LogP contribution is 2.34. The molecule has 0 aliphatic carbocycles. The van der Waals surface area contributed by atoms with Gasteiger partial charge in [0.25, 0.3) is 0 Å². The van der Waals surface area contributed by atoms with Crippen LogP contribution in [0.1, 0.15) is 19.3 Å². The minimum Gasteiger partial charge on any atom is -0.385 e. The van der Waals surface area contributed by atoms with Crippen molar-refractivity contribution >= 4 is 29.0 Å². The first-order valence-electron chi connectivity index (χ1n) is 11.5. The Morgan fingerprint density at radius 1 is 1.21 bits per heavy atom. The van der Waals surface area contributed by atoms with Gasteiger partial charge in [-0.2, -0.15) is 13.2 Å². The molecule has 2 aliphatic heterocycles. The Balaban J connectivity index is 1.43. The number of piperidine rings is 1. The summed E-state index contributed by atoms with van der Waals surface area (Å²) in [5.41, 5.74) is 2.47. The molecule has 1 amide bonds. The molecule has 3 N–H and O–H groups in total. The number of halogens is 4. The molecule has 0 unspecified atom stereocenters. The molecule has 0 radical (unpaired) electrons. The van der Waals surface area contributed by atoms with Crippen molar-refractivity contribution in [3.05, 3.63) is 41.6 Å². The smallest absolute Gasteiger partial charge is 0.385 e. The molecule has 1 aromatic carbocycles. The van der Waals surface area contributed by atoms with E-state index in [9.17, 15) is 18.0 Å². The van der Waals surface area contributed by atoms with Gasteiger partial charge < -0.3 is 20.7 Å². The fraction of sp³-hybridized carbons (Fsp3) is 0.500. The first kappa shape index (κ1) is 24.8. The molecule has 4 rings (SSSR count). The molecule has 0 bridgehead atoms. The highest BCUT2D eigenvalue weighted by atomic mass is 35.5. The molecule has 34 heavy (non-hydrogen) atoms. The van der Waals surface area contributed by atoms with Crippen molar-refractivity contribution in [1.82, 2.24) is 10.3 Å². The second-order valence-corrected chi connectivity index (χ2v) is 9.29. The second-order valence-electron chi connectivity index (χ2n) is 8.89. The average Bonchev–Trinajstić information content (AvgIpc) is 2.84. The Hall–Kier alpha value is -2.36. The fourth-order valence-corrected chi connectivity index (χ4v) is 4.57. The van der Waals surface area contributed by atoms with Crippen molar-refractivity contribution in [1.29, 1.82) is 0 Å². The Bertz CT molecular complexity index is 998. The largest absolute Gasteiger partial charge is 0.393 e. The zero-order valence-electron chi connectivity index (χ0n) is 18.6. The number of carbonyl (C=O) groups excluding carboxylic acids is 1. The number of carbonyl (C=O) groups is 1. The lowest BCUT2D eigenvalue weighted by atomic mass is 9.89. The number of rotatable bonds is 6. The number of pyridine rings is 1. The summed E-state index contributed by atoms with van der Waals surface area (Å²) in [5, 5.41) is 9.25. The van der Waals surface area contributed by atoms with Crippen molar-refractivity contribution in [3.8, 4) is 11.1 Å². The van der Waals surface area contributed by atoms with E-state index in [0.29, 0.717) is 16.5 Å². The van der Waals surface area contributed by atoms with Crippen molar-refractivity contribution < 1.29 is 22.7 Å². The number of hydrogen-bond acceptors (Lipinski definition) is 5. The minimum absolute atomic E-state index is 0.171. The molecule has 2 aromatic rings. The summed E-state index contributed by atoms with van der Waals surface area (Å²) in [6.07, 6.45) is -1.07. The maximum absolute atomic E-state index is 13.1. The zero-order valence-corrected chi connectivity index (χ0v) is 19.4. The molecule has 2 fully saturated rings. The predicted octanol–water partition coefficient (Wildman–Crippen LogP) is 4.97. The van der Waals surface area contributed by atoms with Crippen LogP contribution in [0.3, 0.4) is 0 Å². The number of anilines is 2. The Labute approximate surface area is 201 Å². The summed E-state index contributed by atoms with van der Waals surface area (Å²) in [5.74, 6) is -2.01. The summed E-state index contributed by atoms with van der Waals surface area (Å²) >= 11 is 6.39. The quantitative estimate of drug-likeness (QED) is 0.526. The van der Waals surface area contributed by atoms with Gasteiger partial charge in [0, 0.05) is 50.3 Å². The summed E-state index contributed by atoms with van der Waals surface area (Å²) in [6, 6.07) is 9.43. The van der Waals surface area contributed by atoms with Crippen LogP contribution in [0.5, 0.6) is 0 Å². The van der Waals surface area contributed by atoms with Crippen LogP contribution in [-0.2, 0) is 9.53 Å². The van der Waals surface area contributed by atoms with Gasteiger partial charge in [0.2, 0.25) is 5.91 Å². The summed E-state index contributed by atoms with van der Waals surface area (Å²) < 4.78 is 44.6. The number of nitrogens with zero attached hydrogens (tertiary/aromatic N) is 1. The third kappa shape index (κ3) is 6.40. The lowest BCUT2D eigenvalue weighted by molar-refractivity contribution is -0.181. The molecule has 6 nitrogen and oxygen atoms in total. The standard InChI is InChI=1S/C24H28ClF3N4O2/c25-21-14-31-22(32-23(33)17-8-18(13-29-12-17)24(26,27)28)10-20(21)16-2-1-3-19(9-16)30-11-15-4-6-34-7-5-15/h1-3,9-10,14-15,17-18,29-30H,4-8,11-13H2,(H,31,32,33)/t17-,18-/m1/s1. The van der Waals surface area contributed by atoms with Gasteiger partial charge in [0.15, 0.2) is 0 Å². The van der Waals surface area contributed by atoms with E-state index in [4.69, 9.17) is 16.3 Å². The summed E-state index contributed by atoms with van der Waals surface area (Å²) in [6.45, 7) is 2.46. The number of ether oxygens (including phenoxy) is 1. The molecular formula is C24H28ClF3N4O2. The van der Waals surface area contributed by atoms with Gasteiger partial charge in [-0.25, -0.2) is 4.98 Å². The predicted molar refractivity (Wildman–Crippen MR) is 126 cm³/mol. The Morgan fingerprint density at radius 3 is 2.76 bits per heavy atom. The van der Waals surface area contributed by atoms with Crippen LogP contribution in [-0.4, -0.2) is 49.9 Å². The van der Waals surface area contributed by atoms with Gasteiger partial charge in [0.1, 0.15) is 5.82 Å². The van der Waals surface area contributed by atoms with Gasteiger partial charge >= 0.3 is 6.18 Å². The average molecular weight is 497 g/mol. The summed E-state index contributed by atoms with van der Waals surface area (Å²) in [7, 11) is 0. The number of amides is 1. The van der Waals surface area contributed by atoms with Crippen LogP contribution >= 0.6 is 11.6 Å². The van der Waals surface area contributed by atoms with E-state index in [1.807, 2.05) is 24.3 Å². The number of alkyl halides is 3. The van der Waals surface area contributed by atoms with E-state index in [2.05, 4.69) is 20.9 Å². The number of benzene rings is 1. The molecular weight excluding hydrogens is 469 g/mol. The number of aromatic nitrogens is 1. The lowest BCUT2D eigenvalue weighted by Crippen LogP contribution is -2.46. The van der Waals surface area contributed by atoms with E-state index in [-0.39, 0.29) is 25.3 Å². The van der Waals surface area contributed by atoms with E-state index in [0.717, 1.165) is 43.9 Å². The van der Waals surface area contributed by atoms with Gasteiger partial charge in [-0.1, -0.05) is 23.7 Å². The molecule has 184 valence electrons. The SMILES string of the molecule is O=C(Nc1cc(-c2cccc(NCC3CCOCC3)c2)c(Cl)cn1)[C@H]1CNC[C@H](C(F)(F)F)C1. The third-order valence-electron chi connectivity index (χ3n) is 6.40. The van der Waals surface area contributed by atoms with Crippen LogP contribution in [0.15, 0.2) is 36.5 Å². The monoisotopic (exact) mass is 496 g/mol. The maximum atomic E-state index is 13.1. The van der Waals surface area contributed by atoms with Crippen molar-refractivity contribution in [2.75, 3.05) is 43.5 Å². The van der Waals surface area contributed by atoms with Gasteiger partial charge in [-0.15, -0.1) is 0 Å². The van der Waals surface area contributed by atoms with E-state index in [1.165, 1.54) is 6.20 Å². The van der Waals surface area contributed by atoms with Gasteiger partial charge in [-0.05, 0) is 48.9 Å². The van der Waals surface area contributed by atoms with Crippen molar-refractivity contribution in [2.24, 2.45) is 17.8 Å². The number of nitrogens with one attached hydrogen (secondary N) is 3. The molecule has 0 saturated carbocycles. The van der Waals surface area contributed by atoms with Crippen LogP contribution in [0.2, 0.25) is 5.02 Å². The molecule has 2 atom stereocenters. The third-order valence-corrected chi connectivity index (χ3v) is 6.70. The van der Waals surface area contributed by atoms with E-state index >= 15 is 0 Å². The first-order chi connectivity index (χ1) is 16.3. The Kier molecular flexibility index (Phi) is 7.95. The molecule has 0 spiro atoms. The highest BCUT2D eigenvalue weighted by molar-refractivity contribution is 6.33. The minimum atomic E-state index is -4.33. The number of hydrogen-bond donors (Lipinski definition) is 3. The van der Waals surface area contributed by atoms with Crippen molar-refractivity contribution in [3.63, 3.8) is 0 Å². The lowest BCUT2D eigenvalue weighted by Gasteiger charge is -2.30. The fourth-order valence-electron chi connectivity index (χ4n) is 4.36. The molecule has 2 aliphatic rings. The Morgan fingerprint density at radius 2 is 2.00 bits per heavy atom. The molecule has 1 aromatic heterocycles. The molecule has 10 heteroatoms. The zero-order chi connectivity index (χ0) is 24.1. The summed E-state index contributed by atoms with van der Waals surface area (Å²) in [4.78, 5) is 16.8. The van der Waals surface area contributed by atoms with Gasteiger partial charge in [0.05, 0.1) is 16.9 Å². The van der Waals surface area contributed by atoms with E-state index in [1.54, 1.807) is 6.07 Å². The first-order valence-corrected chi connectivity index (χ1v) is 11.8. The van der Waals surface area contributed by atoms with Crippen molar-refractivity contribution in [2.45, 2.75) is 25.4 Å². The molecule has 3 heterocycles. The van der Waals surface area contributed by atoms with Crippen LogP contribution < -0.4 is 16.0 Å².